The van der Waals surface area contributed by atoms with E-state index in [2.05, 4.69) is 26.2 Å². The first-order valence-electron chi connectivity index (χ1n) is 7.26. The molecular formula is C16H15FN6O. The number of urea groups is 1. The number of carbonyl (C=O) groups is 1. The minimum Gasteiger partial charge on any atom is -0.330 e. The number of aryl methyl sites for hydroxylation is 1. The molecule has 3 rings (SSSR count). The van der Waals surface area contributed by atoms with Gasteiger partial charge >= 0.3 is 6.03 Å². The van der Waals surface area contributed by atoms with E-state index in [0.29, 0.717) is 17.2 Å². The van der Waals surface area contributed by atoms with Crippen molar-refractivity contribution in [1.29, 1.82) is 0 Å². The van der Waals surface area contributed by atoms with E-state index in [9.17, 15) is 9.18 Å². The second-order valence-electron chi connectivity index (χ2n) is 5.16. The Kier molecular flexibility index (Phi) is 4.46. The van der Waals surface area contributed by atoms with E-state index in [1.165, 1.54) is 16.8 Å². The zero-order chi connectivity index (χ0) is 16.9. The lowest BCUT2D eigenvalue weighted by molar-refractivity contribution is 0.251. The van der Waals surface area contributed by atoms with E-state index in [1.807, 2.05) is 25.1 Å². The Morgan fingerprint density at radius 3 is 2.75 bits per heavy atom. The van der Waals surface area contributed by atoms with Crippen LogP contribution in [0.5, 0.6) is 0 Å². The van der Waals surface area contributed by atoms with Crippen LogP contribution in [0, 0.1) is 12.7 Å². The Labute approximate surface area is 137 Å². The fourth-order valence-electron chi connectivity index (χ4n) is 2.16. The van der Waals surface area contributed by atoms with Crippen LogP contribution in [0.2, 0.25) is 0 Å². The lowest BCUT2D eigenvalue weighted by atomic mass is 10.2. The van der Waals surface area contributed by atoms with Crippen LogP contribution in [0.1, 0.15) is 11.4 Å². The van der Waals surface area contributed by atoms with Gasteiger partial charge in [0.15, 0.2) is 5.82 Å². The largest absolute Gasteiger partial charge is 0.330 e. The van der Waals surface area contributed by atoms with Crippen molar-refractivity contribution in [3.8, 4) is 5.69 Å². The van der Waals surface area contributed by atoms with Crippen molar-refractivity contribution in [2.45, 2.75) is 13.5 Å². The molecule has 0 aliphatic rings. The van der Waals surface area contributed by atoms with E-state index in [4.69, 9.17) is 0 Å². The highest BCUT2D eigenvalue weighted by molar-refractivity contribution is 5.89. The first kappa shape index (κ1) is 15.6. The molecule has 0 spiro atoms. The van der Waals surface area contributed by atoms with Gasteiger partial charge in [0.05, 0.1) is 12.2 Å². The predicted octanol–water partition coefficient (Wildman–Crippen LogP) is 2.43. The molecule has 0 saturated carbocycles. The number of nitrogens with one attached hydrogen (secondary N) is 2. The van der Waals surface area contributed by atoms with Crippen LogP contribution in [-0.2, 0) is 6.54 Å². The van der Waals surface area contributed by atoms with Crippen LogP contribution in [-0.4, -0.2) is 26.2 Å². The molecule has 2 amide bonds. The highest BCUT2D eigenvalue weighted by Gasteiger charge is 2.10. The van der Waals surface area contributed by atoms with Crippen LogP contribution < -0.4 is 10.6 Å². The molecule has 8 heteroatoms. The standard InChI is InChI=1S/C16H15FN6O/c1-11-3-2-4-13(9-11)19-16(24)18-10-15-20-21-22-23(15)14-7-5-12(17)6-8-14/h2-9H,10H2,1H3,(H2,18,19,24). The molecule has 0 atom stereocenters. The number of hydrogen-bond donors (Lipinski definition) is 2. The number of carbonyl (C=O) groups excluding carboxylic acids is 1. The molecule has 3 aromatic rings. The Morgan fingerprint density at radius 2 is 2.00 bits per heavy atom. The fraction of sp³-hybridized carbons (Fsp3) is 0.125. The average Bonchev–Trinajstić information content (AvgIpc) is 3.02. The SMILES string of the molecule is Cc1cccc(NC(=O)NCc2nnnn2-c2ccc(F)cc2)c1. The van der Waals surface area contributed by atoms with Crippen molar-refractivity contribution in [2.75, 3.05) is 5.32 Å². The fourth-order valence-corrected chi connectivity index (χ4v) is 2.16. The summed E-state index contributed by atoms with van der Waals surface area (Å²) in [6.07, 6.45) is 0. The van der Waals surface area contributed by atoms with E-state index < -0.39 is 0 Å². The Hall–Kier alpha value is -3.29. The highest BCUT2D eigenvalue weighted by atomic mass is 19.1. The van der Waals surface area contributed by atoms with Crippen LogP contribution in [0.3, 0.4) is 0 Å². The summed E-state index contributed by atoms with van der Waals surface area (Å²) in [5.41, 5.74) is 2.36. The van der Waals surface area contributed by atoms with Gasteiger partial charge in [-0.3, -0.25) is 0 Å². The Balaban J connectivity index is 1.64. The molecule has 1 heterocycles. The van der Waals surface area contributed by atoms with Gasteiger partial charge in [-0.05, 0) is 59.3 Å². The maximum Gasteiger partial charge on any atom is 0.319 e. The number of amides is 2. The third-order valence-corrected chi connectivity index (χ3v) is 3.29. The smallest absolute Gasteiger partial charge is 0.319 e. The topological polar surface area (TPSA) is 84.7 Å². The normalized spacial score (nSPS) is 10.4. The molecule has 2 aromatic carbocycles. The molecule has 0 aliphatic heterocycles. The number of benzene rings is 2. The average molecular weight is 326 g/mol. The molecule has 24 heavy (non-hydrogen) atoms. The van der Waals surface area contributed by atoms with Crippen molar-refractivity contribution in [3.05, 3.63) is 65.7 Å². The van der Waals surface area contributed by atoms with Gasteiger partial charge < -0.3 is 10.6 Å². The summed E-state index contributed by atoms with van der Waals surface area (Å²) in [5, 5.41) is 16.7. The van der Waals surface area contributed by atoms with Gasteiger partial charge in [-0.1, -0.05) is 12.1 Å². The number of tetrazole rings is 1. The third-order valence-electron chi connectivity index (χ3n) is 3.29. The van der Waals surface area contributed by atoms with Gasteiger partial charge in [-0.15, -0.1) is 5.10 Å². The number of nitrogens with zero attached hydrogens (tertiary/aromatic N) is 4. The third kappa shape index (κ3) is 3.72. The Bertz CT molecular complexity index is 846. The molecule has 0 fully saturated rings. The lowest BCUT2D eigenvalue weighted by Gasteiger charge is -2.08. The summed E-state index contributed by atoms with van der Waals surface area (Å²) in [6.45, 7) is 2.07. The molecule has 0 radical (unpaired) electrons. The van der Waals surface area contributed by atoms with Gasteiger partial charge in [0.25, 0.3) is 0 Å². The minimum absolute atomic E-state index is 0.127. The maximum absolute atomic E-state index is 13.0. The maximum atomic E-state index is 13.0. The summed E-state index contributed by atoms with van der Waals surface area (Å²) in [4.78, 5) is 12.0. The van der Waals surface area contributed by atoms with Crippen molar-refractivity contribution in [2.24, 2.45) is 0 Å². The van der Waals surface area contributed by atoms with Gasteiger partial charge in [0.1, 0.15) is 5.82 Å². The summed E-state index contributed by atoms with van der Waals surface area (Å²) in [6, 6.07) is 12.9. The van der Waals surface area contributed by atoms with Gasteiger partial charge in [-0.25, -0.2) is 9.18 Å². The van der Waals surface area contributed by atoms with Crippen molar-refractivity contribution >= 4 is 11.7 Å². The molecule has 0 aliphatic carbocycles. The van der Waals surface area contributed by atoms with Gasteiger partial charge in [0, 0.05) is 5.69 Å². The summed E-state index contributed by atoms with van der Waals surface area (Å²) in [5.74, 6) is 0.0880. The minimum atomic E-state index is -0.366. The zero-order valence-electron chi connectivity index (χ0n) is 12.9. The quantitative estimate of drug-likeness (QED) is 0.771. The Morgan fingerprint density at radius 1 is 1.21 bits per heavy atom. The summed E-state index contributed by atoms with van der Waals surface area (Å²) in [7, 11) is 0. The first-order valence-corrected chi connectivity index (χ1v) is 7.26. The number of hydrogen-bond acceptors (Lipinski definition) is 4. The summed E-state index contributed by atoms with van der Waals surface area (Å²) < 4.78 is 14.4. The van der Waals surface area contributed by atoms with E-state index in [1.54, 1.807) is 18.2 Å². The van der Waals surface area contributed by atoms with Crippen molar-refractivity contribution in [1.82, 2.24) is 25.5 Å². The second kappa shape index (κ2) is 6.86. The molecule has 122 valence electrons. The number of aromatic nitrogens is 4. The monoisotopic (exact) mass is 326 g/mol. The van der Waals surface area contributed by atoms with Crippen LogP contribution >= 0.6 is 0 Å². The lowest BCUT2D eigenvalue weighted by Crippen LogP contribution is -2.29. The number of anilines is 1. The second-order valence-corrected chi connectivity index (χ2v) is 5.16. The zero-order valence-corrected chi connectivity index (χ0v) is 12.9. The van der Waals surface area contributed by atoms with Crippen LogP contribution in [0.15, 0.2) is 48.5 Å². The van der Waals surface area contributed by atoms with Crippen LogP contribution in [0.25, 0.3) is 5.69 Å². The van der Waals surface area contributed by atoms with E-state index >= 15 is 0 Å². The van der Waals surface area contributed by atoms with Crippen molar-refractivity contribution < 1.29 is 9.18 Å². The van der Waals surface area contributed by atoms with Crippen LogP contribution in [0.4, 0.5) is 14.9 Å². The molecule has 7 nitrogen and oxygen atoms in total. The summed E-state index contributed by atoms with van der Waals surface area (Å²) >= 11 is 0. The van der Waals surface area contributed by atoms with E-state index in [-0.39, 0.29) is 18.4 Å². The number of halogens is 1. The molecular weight excluding hydrogens is 311 g/mol. The molecule has 0 bridgehead atoms. The van der Waals surface area contributed by atoms with Crippen molar-refractivity contribution in [3.63, 3.8) is 0 Å². The molecule has 1 aromatic heterocycles. The van der Waals surface area contributed by atoms with E-state index in [0.717, 1.165) is 5.56 Å². The molecule has 0 saturated heterocycles. The van der Waals surface area contributed by atoms with Gasteiger partial charge in [-0.2, -0.15) is 4.68 Å². The van der Waals surface area contributed by atoms with Gasteiger partial charge in [0.2, 0.25) is 0 Å². The first-order chi connectivity index (χ1) is 11.6. The predicted molar refractivity (Wildman–Crippen MR) is 86.1 cm³/mol. The number of rotatable bonds is 4. The highest BCUT2D eigenvalue weighted by Crippen LogP contribution is 2.10. The molecule has 2 N–H and O–H groups in total. The molecule has 0 unspecified atom stereocenters.